The molecule has 0 saturated carbocycles. The molecule has 3 heterocycles. The van der Waals surface area contributed by atoms with Crippen LogP contribution in [-0.2, 0) is 4.79 Å². The largest absolute Gasteiger partial charge is 0.496 e. The summed E-state index contributed by atoms with van der Waals surface area (Å²) in [7, 11) is 1.58. The zero-order valence-electron chi connectivity index (χ0n) is 18.9. The molecule has 1 unspecified atom stereocenters. The Balaban J connectivity index is 1.42. The van der Waals surface area contributed by atoms with Crippen molar-refractivity contribution < 1.29 is 9.53 Å². The summed E-state index contributed by atoms with van der Waals surface area (Å²) < 4.78 is 5.42. The number of aromatic nitrogens is 3. The van der Waals surface area contributed by atoms with E-state index in [1.807, 2.05) is 66.4 Å². The molecule has 0 aliphatic carbocycles. The van der Waals surface area contributed by atoms with Crippen LogP contribution in [0.2, 0.25) is 0 Å². The van der Waals surface area contributed by atoms with Crippen LogP contribution in [0.15, 0.2) is 59.4 Å². The summed E-state index contributed by atoms with van der Waals surface area (Å²) in [5.74, 6) is 1.01. The molecule has 0 radical (unpaired) electrons. The lowest BCUT2D eigenvalue weighted by Crippen LogP contribution is -2.44. The number of benzene rings is 2. The van der Waals surface area contributed by atoms with E-state index in [1.54, 1.807) is 7.11 Å². The molecule has 174 valence electrons. The Kier molecular flexibility index (Phi) is 6.02. The normalized spacial score (nSPS) is 16.5. The fraction of sp³-hybridized carbons (Fsp3) is 0.280. The van der Waals surface area contributed by atoms with Crippen LogP contribution < -0.4 is 20.5 Å². The number of amides is 1. The van der Waals surface area contributed by atoms with E-state index in [1.165, 1.54) is 11.3 Å². The Labute approximate surface area is 200 Å². The molecular formula is C25H25N5O3S. The van der Waals surface area contributed by atoms with E-state index in [0.29, 0.717) is 33.6 Å². The first-order valence-corrected chi connectivity index (χ1v) is 12.0. The molecule has 2 atom stereocenters. The Hall–Kier alpha value is -3.72. The van der Waals surface area contributed by atoms with Gasteiger partial charge in [0.05, 0.1) is 18.7 Å². The van der Waals surface area contributed by atoms with Gasteiger partial charge in [0.1, 0.15) is 17.6 Å². The van der Waals surface area contributed by atoms with Crippen molar-refractivity contribution >= 4 is 32.7 Å². The number of anilines is 1. The van der Waals surface area contributed by atoms with Crippen molar-refractivity contribution in [2.75, 3.05) is 18.6 Å². The van der Waals surface area contributed by atoms with Gasteiger partial charge in [0.2, 0.25) is 5.91 Å². The maximum absolute atomic E-state index is 13.1. The number of nitrogens with one attached hydrogen (secondary N) is 2. The highest BCUT2D eigenvalue weighted by molar-refractivity contribution is 7.21. The quantitative estimate of drug-likeness (QED) is 0.439. The highest BCUT2D eigenvalue weighted by atomic mass is 32.1. The van der Waals surface area contributed by atoms with E-state index >= 15 is 0 Å². The van der Waals surface area contributed by atoms with Gasteiger partial charge in [-0.15, -0.1) is 0 Å². The summed E-state index contributed by atoms with van der Waals surface area (Å²) >= 11 is 1.33. The van der Waals surface area contributed by atoms with E-state index in [-0.39, 0.29) is 29.1 Å². The van der Waals surface area contributed by atoms with Gasteiger partial charge in [-0.3, -0.25) is 9.59 Å². The summed E-state index contributed by atoms with van der Waals surface area (Å²) in [6.45, 7) is 2.68. The minimum absolute atomic E-state index is 0.0373. The van der Waals surface area contributed by atoms with Crippen molar-refractivity contribution in [3.05, 3.63) is 70.5 Å². The zero-order valence-corrected chi connectivity index (χ0v) is 19.8. The van der Waals surface area contributed by atoms with Crippen molar-refractivity contribution in [3.8, 4) is 17.1 Å². The smallest absolute Gasteiger partial charge is 0.278 e. The minimum Gasteiger partial charge on any atom is -0.496 e. The monoisotopic (exact) mass is 475 g/mol. The van der Waals surface area contributed by atoms with E-state index in [0.717, 1.165) is 18.4 Å². The summed E-state index contributed by atoms with van der Waals surface area (Å²) in [4.78, 5) is 40.5. The molecule has 8 nitrogen and oxygen atoms in total. The van der Waals surface area contributed by atoms with Gasteiger partial charge >= 0.3 is 0 Å². The lowest BCUT2D eigenvalue weighted by Gasteiger charge is -2.25. The van der Waals surface area contributed by atoms with E-state index in [4.69, 9.17) is 4.74 Å². The number of fused-ring (bicyclic) bond motifs is 1. The lowest BCUT2D eigenvalue weighted by molar-refractivity contribution is -0.122. The van der Waals surface area contributed by atoms with Gasteiger partial charge in [-0.25, -0.2) is 9.97 Å². The van der Waals surface area contributed by atoms with E-state index in [9.17, 15) is 9.59 Å². The van der Waals surface area contributed by atoms with Crippen molar-refractivity contribution in [2.45, 2.75) is 31.8 Å². The summed E-state index contributed by atoms with van der Waals surface area (Å²) in [6, 6.07) is 16.9. The van der Waals surface area contributed by atoms with Crippen molar-refractivity contribution in [1.29, 1.82) is 0 Å². The summed E-state index contributed by atoms with van der Waals surface area (Å²) in [5.41, 5.74) is 1.72. The number of methoxy groups -OCH3 is 1. The highest BCUT2D eigenvalue weighted by Gasteiger charge is 2.33. The molecule has 1 saturated heterocycles. The molecule has 0 bridgehead atoms. The maximum Gasteiger partial charge on any atom is 0.278 e. The van der Waals surface area contributed by atoms with E-state index in [2.05, 4.69) is 20.3 Å². The number of ether oxygens (including phenoxy) is 1. The third-order valence-corrected chi connectivity index (χ3v) is 7.07. The van der Waals surface area contributed by atoms with Crippen LogP contribution in [-0.4, -0.2) is 40.6 Å². The molecule has 2 aromatic carbocycles. The number of nitrogens with zero attached hydrogens (tertiary/aromatic N) is 3. The van der Waals surface area contributed by atoms with Crippen LogP contribution in [0.5, 0.6) is 5.75 Å². The molecule has 2 aromatic heterocycles. The first-order chi connectivity index (χ1) is 16.5. The molecule has 1 aliphatic rings. The molecule has 34 heavy (non-hydrogen) atoms. The molecule has 2 N–H and O–H groups in total. The van der Waals surface area contributed by atoms with Crippen molar-refractivity contribution in [1.82, 2.24) is 20.3 Å². The number of para-hydroxylation sites is 1. The fourth-order valence-electron chi connectivity index (χ4n) is 4.31. The minimum atomic E-state index is -0.334. The Bertz CT molecular complexity index is 1380. The number of aromatic amines is 1. The number of thiazole rings is 1. The Morgan fingerprint density at radius 1 is 1.18 bits per heavy atom. The second-order valence-corrected chi connectivity index (χ2v) is 9.21. The van der Waals surface area contributed by atoms with Crippen LogP contribution in [0.3, 0.4) is 0 Å². The molecule has 4 aromatic rings. The second kappa shape index (κ2) is 9.26. The number of carbonyl (C=O) groups is 1. The third kappa shape index (κ3) is 4.14. The number of hydrogen-bond donors (Lipinski definition) is 2. The van der Waals surface area contributed by atoms with Crippen LogP contribution >= 0.6 is 11.3 Å². The summed E-state index contributed by atoms with van der Waals surface area (Å²) in [6.07, 6.45) is 1.61. The standard InChI is InChI=1S/C25H25N5O3S/c1-15(16-9-4-3-5-10-16)26-22(31)18-12-8-14-30(18)25-27-20-23(32)28-21(29-24(20)34-25)17-11-6-7-13-19(17)33-2/h3-7,9-11,13,15,18H,8,12,14H2,1-2H3,(H,26,31)(H,28,29,32)/t15-,18?/m1/s1. The van der Waals surface area contributed by atoms with Crippen molar-refractivity contribution in [2.24, 2.45) is 0 Å². The maximum atomic E-state index is 13.1. The number of carbonyl (C=O) groups excluding carboxylic acids is 1. The van der Waals surface area contributed by atoms with Crippen molar-refractivity contribution in [3.63, 3.8) is 0 Å². The van der Waals surface area contributed by atoms with Gasteiger partial charge in [0.25, 0.3) is 5.56 Å². The van der Waals surface area contributed by atoms with Gasteiger partial charge in [0.15, 0.2) is 15.5 Å². The first-order valence-electron chi connectivity index (χ1n) is 11.2. The molecule has 5 rings (SSSR count). The highest BCUT2D eigenvalue weighted by Crippen LogP contribution is 2.33. The predicted molar refractivity (Wildman–Crippen MR) is 133 cm³/mol. The molecular weight excluding hydrogens is 450 g/mol. The summed E-state index contributed by atoms with van der Waals surface area (Å²) in [5, 5.41) is 3.76. The Morgan fingerprint density at radius 3 is 2.74 bits per heavy atom. The average Bonchev–Trinajstić information content (AvgIpc) is 3.52. The van der Waals surface area contributed by atoms with Crippen LogP contribution in [0, 0.1) is 0 Å². The van der Waals surface area contributed by atoms with Crippen LogP contribution in [0.4, 0.5) is 5.13 Å². The zero-order chi connectivity index (χ0) is 23.7. The van der Waals surface area contributed by atoms with E-state index < -0.39 is 0 Å². The lowest BCUT2D eigenvalue weighted by atomic mass is 10.1. The molecule has 1 amide bonds. The number of H-pyrrole nitrogens is 1. The molecule has 9 heteroatoms. The average molecular weight is 476 g/mol. The van der Waals surface area contributed by atoms with Gasteiger partial charge in [-0.1, -0.05) is 53.8 Å². The fourth-order valence-corrected chi connectivity index (χ4v) is 5.33. The Morgan fingerprint density at radius 2 is 1.94 bits per heavy atom. The predicted octanol–water partition coefficient (Wildman–Crippen LogP) is 3.90. The van der Waals surface area contributed by atoms with Gasteiger partial charge in [-0.2, -0.15) is 0 Å². The number of rotatable bonds is 6. The SMILES string of the molecule is COc1ccccc1-c1nc2sc(N3CCCC3C(=O)N[C@H](C)c3ccccc3)nc2c(=O)[nH]1. The molecule has 0 spiro atoms. The number of hydrogen-bond acceptors (Lipinski definition) is 7. The van der Waals surface area contributed by atoms with Gasteiger partial charge in [0, 0.05) is 6.54 Å². The molecule has 1 fully saturated rings. The van der Waals surface area contributed by atoms with Crippen LogP contribution in [0.25, 0.3) is 21.7 Å². The van der Waals surface area contributed by atoms with Gasteiger partial charge in [-0.05, 0) is 37.5 Å². The third-order valence-electron chi connectivity index (χ3n) is 6.08. The topological polar surface area (TPSA) is 100 Å². The molecule has 1 aliphatic heterocycles. The first kappa shape index (κ1) is 22.1. The van der Waals surface area contributed by atoms with Gasteiger partial charge < -0.3 is 19.9 Å². The second-order valence-electron chi connectivity index (χ2n) is 8.26. The van der Waals surface area contributed by atoms with Crippen LogP contribution in [0.1, 0.15) is 31.4 Å².